The fourth-order valence-electron chi connectivity index (χ4n) is 4.49. The monoisotopic (exact) mass is 462 g/mol. The van der Waals surface area contributed by atoms with Gasteiger partial charge in [0.05, 0.1) is 26.6 Å². The number of aryl methyl sites for hydroxylation is 2. The Morgan fingerprint density at radius 1 is 1.18 bits per heavy atom. The molecule has 2 heterocycles. The third-order valence-electron chi connectivity index (χ3n) is 6.44. The molecule has 0 saturated carbocycles. The largest absolute Gasteiger partial charge is 0.496 e. The topological polar surface area (TPSA) is 63.9 Å². The Morgan fingerprint density at radius 2 is 1.91 bits per heavy atom. The second kappa shape index (κ2) is 10.9. The highest BCUT2D eigenvalue weighted by atomic mass is 16.5. The number of hydrogen-bond donors (Lipinski definition) is 1. The summed E-state index contributed by atoms with van der Waals surface area (Å²) in [6.45, 7) is 11.2. The number of morpholine rings is 1. The third-order valence-corrected chi connectivity index (χ3v) is 6.44. The van der Waals surface area contributed by atoms with E-state index in [2.05, 4.69) is 47.5 Å². The van der Waals surface area contributed by atoms with Crippen LogP contribution < -0.4 is 10.1 Å². The summed E-state index contributed by atoms with van der Waals surface area (Å²) in [5, 5.41) is 4.03. The van der Waals surface area contributed by atoms with E-state index in [4.69, 9.17) is 13.9 Å². The average molecular weight is 463 g/mol. The lowest BCUT2D eigenvalue weighted by Crippen LogP contribution is -2.38. The molecule has 180 valence electrons. The zero-order valence-corrected chi connectivity index (χ0v) is 20.6. The lowest BCUT2D eigenvalue weighted by Gasteiger charge is -2.26. The molecule has 1 aromatic heterocycles. The summed E-state index contributed by atoms with van der Waals surface area (Å²) in [5.41, 5.74) is 6.81. The van der Waals surface area contributed by atoms with Crippen molar-refractivity contribution in [3.63, 3.8) is 0 Å². The van der Waals surface area contributed by atoms with Crippen LogP contribution in [0.25, 0.3) is 27.7 Å². The molecule has 6 heteroatoms. The van der Waals surface area contributed by atoms with E-state index >= 15 is 0 Å². The minimum atomic E-state index is -0.0924. The molecule has 34 heavy (non-hydrogen) atoms. The molecule has 1 N–H and O–H groups in total. The van der Waals surface area contributed by atoms with E-state index in [1.165, 1.54) is 5.56 Å². The van der Waals surface area contributed by atoms with Crippen molar-refractivity contribution in [2.24, 2.45) is 0 Å². The van der Waals surface area contributed by atoms with Gasteiger partial charge in [0.25, 0.3) is 0 Å². The fourth-order valence-corrected chi connectivity index (χ4v) is 4.49. The molecule has 0 bridgehead atoms. The molecule has 0 radical (unpaired) electrons. The quantitative estimate of drug-likeness (QED) is 0.378. The summed E-state index contributed by atoms with van der Waals surface area (Å²) in [6.07, 6.45) is 4.37. The van der Waals surface area contributed by atoms with E-state index in [1.54, 1.807) is 19.4 Å². The van der Waals surface area contributed by atoms with Gasteiger partial charge in [0.2, 0.25) is 5.91 Å². The van der Waals surface area contributed by atoms with E-state index in [1.807, 2.05) is 13.8 Å². The van der Waals surface area contributed by atoms with Gasteiger partial charge < -0.3 is 19.2 Å². The van der Waals surface area contributed by atoms with Gasteiger partial charge in [-0.25, -0.2) is 0 Å². The summed E-state index contributed by atoms with van der Waals surface area (Å²) < 4.78 is 17.1. The van der Waals surface area contributed by atoms with Crippen LogP contribution in [0.5, 0.6) is 5.75 Å². The van der Waals surface area contributed by atoms with Crippen LogP contribution in [-0.4, -0.2) is 57.3 Å². The van der Waals surface area contributed by atoms with Crippen molar-refractivity contribution in [1.29, 1.82) is 0 Å². The van der Waals surface area contributed by atoms with Crippen molar-refractivity contribution in [2.75, 3.05) is 46.5 Å². The molecule has 1 amide bonds. The summed E-state index contributed by atoms with van der Waals surface area (Å²) in [7, 11) is 1.65. The first-order valence-corrected chi connectivity index (χ1v) is 11.9. The minimum absolute atomic E-state index is 0.0924. The lowest BCUT2D eigenvalue weighted by molar-refractivity contribution is -0.116. The average Bonchev–Trinajstić information content (AvgIpc) is 3.27. The fraction of sp³-hybridized carbons (Fsp3) is 0.393. The molecule has 1 aliphatic rings. The number of carbonyl (C=O) groups excluding carboxylic acids is 1. The van der Waals surface area contributed by atoms with Crippen molar-refractivity contribution in [2.45, 2.75) is 27.2 Å². The van der Waals surface area contributed by atoms with Gasteiger partial charge in [0.15, 0.2) is 0 Å². The van der Waals surface area contributed by atoms with Gasteiger partial charge in [0.1, 0.15) is 11.3 Å². The molecule has 4 rings (SSSR count). The Bertz CT molecular complexity index is 1170. The molecule has 0 atom stereocenters. The van der Waals surface area contributed by atoms with Crippen molar-refractivity contribution in [1.82, 2.24) is 10.2 Å². The number of furan rings is 1. The second-order valence-corrected chi connectivity index (χ2v) is 8.90. The zero-order chi connectivity index (χ0) is 24.1. The Morgan fingerprint density at radius 3 is 2.62 bits per heavy atom. The Kier molecular flexibility index (Phi) is 7.70. The maximum atomic E-state index is 12.6. The van der Waals surface area contributed by atoms with Crippen LogP contribution in [0.1, 0.15) is 30.0 Å². The van der Waals surface area contributed by atoms with E-state index in [0.29, 0.717) is 6.54 Å². The van der Waals surface area contributed by atoms with E-state index < -0.39 is 0 Å². The van der Waals surface area contributed by atoms with E-state index in [-0.39, 0.29) is 5.91 Å². The van der Waals surface area contributed by atoms with Crippen molar-refractivity contribution >= 4 is 22.4 Å². The van der Waals surface area contributed by atoms with Crippen LogP contribution in [0.4, 0.5) is 0 Å². The first-order chi connectivity index (χ1) is 16.5. The summed E-state index contributed by atoms with van der Waals surface area (Å²) >= 11 is 0. The van der Waals surface area contributed by atoms with Crippen LogP contribution in [0, 0.1) is 13.8 Å². The number of ether oxygens (including phenoxy) is 2. The molecule has 1 aliphatic heterocycles. The standard InChI is InChI=1S/C28H34N2O4/c1-19-6-8-22(9-7-19)25-18-34-28-21(3)27(32-4)23(17-24(25)28)20(2)16-26(31)29-10-5-11-30-12-14-33-15-13-30/h6-9,16-18H,5,10-15H2,1-4H3,(H,29,31)/b20-16+. The van der Waals surface area contributed by atoms with E-state index in [0.717, 1.165) is 83.8 Å². The first kappa shape index (κ1) is 24.0. The van der Waals surface area contributed by atoms with Crippen LogP contribution in [0.2, 0.25) is 0 Å². The van der Waals surface area contributed by atoms with Crippen LogP contribution in [0.3, 0.4) is 0 Å². The summed E-state index contributed by atoms with van der Waals surface area (Å²) in [5.74, 6) is 0.636. The number of amides is 1. The Balaban J connectivity index is 1.53. The molecule has 0 aliphatic carbocycles. The normalized spacial score (nSPS) is 15.0. The Labute approximate surface area is 201 Å². The van der Waals surface area contributed by atoms with Gasteiger partial charge >= 0.3 is 0 Å². The highest BCUT2D eigenvalue weighted by Gasteiger charge is 2.19. The third kappa shape index (κ3) is 5.34. The molecule has 0 spiro atoms. The van der Waals surface area contributed by atoms with E-state index in [9.17, 15) is 4.79 Å². The molecule has 3 aromatic rings. The van der Waals surface area contributed by atoms with Crippen LogP contribution >= 0.6 is 0 Å². The maximum Gasteiger partial charge on any atom is 0.244 e. The number of methoxy groups -OCH3 is 1. The van der Waals surface area contributed by atoms with Gasteiger partial charge in [-0.15, -0.1) is 0 Å². The SMILES string of the molecule is COc1c(/C(C)=C/C(=O)NCCCN2CCOCC2)cc2c(-c3ccc(C)cc3)coc2c1C. The molecular formula is C28H34N2O4. The number of carbonyl (C=O) groups is 1. The number of hydrogen-bond acceptors (Lipinski definition) is 5. The lowest BCUT2D eigenvalue weighted by atomic mass is 9.96. The molecule has 1 saturated heterocycles. The van der Waals surface area contributed by atoms with Crippen LogP contribution in [0.15, 0.2) is 47.1 Å². The highest BCUT2D eigenvalue weighted by molar-refractivity contribution is 6.01. The summed E-state index contributed by atoms with van der Waals surface area (Å²) in [6, 6.07) is 10.5. The Hall–Kier alpha value is -3.09. The molecule has 6 nitrogen and oxygen atoms in total. The van der Waals surface area contributed by atoms with Crippen molar-refractivity contribution < 1.29 is 18.7 Å². The van der Waals surface area contributed by atoms with Gasteiger partial charge in [-0.3, -0.25) is 9.69 Å². The smallest absolute Gasteiger partial charge is 0.244 e. The number of allylic oxidation sites excluding steroid dienone is 1. The van der Waals surface area contributed by atoms with Crippen molar-refractivity contribution in [3.8, 4) is 16.9 Å². The number of rotatable bonds is 8. The minimum Gasteiger partial charge on any atom is -0.496 e. The number of fused-ring (bicyclic) bond motifs is 1. The summed E-state index contributed by atoms with van der Waals surface area (Å²) in [4.78, 5) is 15.0. The van der Waals surface area contributed by atoms with Gasteiger partial charge in [0, 0.05) is 47.8 Å². The van der Waals surface area contributed by atoms with Crippen LogP contribution in [-0.2, 0) is 9.53 Å². The molecule has 2 aromatic carbocycles. The number of benzene rings is 2. The van der Waals surface area contributed by atoms with Gasteiger partial charge in [-0.2, -0.15) is 0 Å². The highest BCUT2D eigenvalue weighted by Crippen LogP contribution is 2.40. The zero-order valence-electron chi connectivity index (χ0n) is 20.6. The number of nitrogens with zero attached hydrogens (tertiary/aromatic N) is 1. The predicted octanol–water partition coefficient (Wildman–Crippen LogP) is 4.97. The molecular weight excluding hydrogens is 428 g/mol. The van der Waals surface area contributed by atoms with Gasteiger partial charge in [-0.05, 0) is 50.9 Å². The molecule has 1 fully saturated rings. The van der Waals surface area contributed by atoms with Crippen molar-refractivity contribution in [3.05, 3.63) is 59.4 Å². The van der Waals surface area contributed by atoms with Gasteiger partial charge in [-0.1, -0.05) is 29.8 Å². The molecule has 0 unspecified atom stereocenters. The first-order valence-electron chi connectivity index (χ1n) is 11.9. The number of nitrogens with one attached hydrogen (secondary N) is 1. The predicted molar refractivity (Wildman–Crippen MR) is 136 cm³/mol. The maximum absolute atomic E-state index is 12.6. The second-order valence-electron chi connectivity index (χ2n) is 8.90.